The number of nitrogens with zero attached hydrogens (tertiary/aromatic N) is 4. The van der Waals surface area contributed by atoms with Crippen molar-refractivity contribution in [3.05, 3.63) is 212 Å². The van der Waals surface area contributed by atoms with Crippen LogP contribution in [0, 0.1) is 23.9 Å². The summed E-state index contributed by atoms with van der Waals surface area (Å²) in [4.78, 5) is 4.84. The molecule has 10 rings (SSSR count). The van der Waals surface area contributed by atoms with Crippen molar-refractivity contribution in [2.24, 2.45) is 5.41 Å². The molecule has 306 valence electrons. The maximum atomic E-state index is 9.40. The van der Waals surface area contributed by atoms with E-state index in [1.54, 1.807) is 59.6 Å². The van der Waals surface area contributed by atoms with Crippen LogP contribution >= 0.6 is 0 Å². The van der Waals surface area contributed by atoms with Crippen LogP contribution in [0.4, 0.5) is 0 Å². The molecular weight excluding hydrogens is 940 g/mol. The maximum Gasteiger partial charge on any atom is 0.267 e. The van der Waals surface area contributed by atoms with Crippen molar-refractivity contribution in [1.82, 2.24) is 14.1 Å². The van der Waals surface area contributed by atoms with Gasteiger partial charge in [0.15, 0.2) is 0 Å². The number of imidazole rings is 1. The third-order valence-corrected chi connectivity index (χ3v) is 10.9. The first-order valence-corrected chi connectivity index (χ1v) is 19.8. The molecule has 6 heteroatoms. The largest absolute Gasteiger partial charge is 0.510 e. The molecule has 1 unspecified atom stereocenters. The maximum absolute atomic E-state index is 9.40. The number of hydrogen-bond acceptors (Lipinski definition) is 2. The van der Waals surface area contributed by atoms with Gasteiger partial charge in [0.25, 0.3) is 6.33 Å². The Morgan fingerprint density at radius 3 is 2.10 bits per heavy atom. The zero-order valence-electron chi connectivity index (χ0n) is 45.1. The summed E-state index contributed by atoms with van der Waals surface area (Å²) in [7, 11) is 0. The Hall–Kier alpha value is -6.81. The first-order valence-electron chi connectivity index (χ1n) is 25.3. The average Bonchev–Trinajstić information content (AvgIpc) is 3.99. The zero-order valence-corrected chi connectivity index (χ0v) is 36.4. The van der Waals surface area contributed by atoms with Gasteiger partial charge in [0.05, 0.1) is 19.4 Å². The van der Waals surface area contributed by atoms with Crippen LogP contribution in [0.1, 0.15) is 54.2 Å². The van der Waals surface area contributed by atoms with Crippen LogP contribution in [-0.2, 0) is 21.1 Å². The van der Waals surface area contributed by atoms with Crippen LogP contribution in [0.2, 0.25) is 0 Å². The molecule has 0 aliphatic heterocycles. The van der Waals surface area contributed by atoms with Crippen LogP contribution in [0.3, 0.4) is 0 Å². The van der Waals surface area contributed by atoms with E-state index in [1.807, 2.05) is 54.0 Å². The summed E-state index contributed by atoms with van der Waals surface area (Å²) in [5, 5.41) is 1.90. The Labute approximate surface area is 393 Å². The third kappa shape index (κ3) is 7.81. The molecule has 7 aromatic carbocycles. The van der Waals surface area contributed by atoms with E-state index in [0.29, 0.717) is 28.5 Å². The smallest absolute Gasteiger partial charge is 0.267 e. The normalized spacial score (nSPS) is 15.0. The summed E-state index contributed by atoms with van der Waals surface area (Å²) in [5.41, 5.74) is 4.80. The molecule has 10 aromatic rings. The number of pyridine rings is 1. The van der Waals surface area contributed by atoms with Crippen molar-refractivity contribution < 1.29 is 45.4 Å². The summed E-state index contributed by atoms with van der Waals surface area (Å²) in [6.07, 6.45) is 8.23. The van der Waals surface area contributed by atoms with E-state index in [0.717, 1.165) is 33.0 Å². The molecule has 0 N–H and O–H groups in total. The van der Waals surface area contributed by atoms with E-state index in [2.05, 4.69) is 69.6 Å². The molecule has 1 atom stereocenters. The predicted molar refractivity (Wildman–Crippen MR) is 247 cm³/mol. The quantitative estimate of drug-likeness (QED) is 0.107. The van der Waals surface area contributed by atoms with Gasteiger partial charge in [-0.2, -0.15) is 18.2 Å². The van der Waals surface area contributed by atoms with Gasteiger partial charge in [-0.25, -0.2) is 4.98 Å². The first kappa shape index (κ1) is 29.4. The number of aromatic nitrogens is 4. The second-order valence-corrected chi connectivity index (χ2v) is 15.6. The minimum atomic E-state index is -0.931. The minimum Gasteiger partial charge on any atom is -0.510 e. The van der Waals surface area contributed by atoms with Crippen molar-refractivity contribution in [1.29, 1.82) is 0 Å². The molecule has 0 aliphatic carbocycles. The summed E-state index contributed by atoms with van der Waals surface area (Å²) in [6.45, 7) is 8.08. The Morgan fingerprint density at radius 2 is 1.39 bits per heavy atom. The Bertz CT molecular complexity index is 3680. The third-order valence-electron chi connectivity index (χ3n) is 10.9. The number of ether oxygens (including phenoxy) is 1. The standard InChI is InChI=1S/C56H44N4O.Pt/c1-39(56(2,3)4)43-30-31-57-54(35-43)60-52-29-26-44(40-16-8-5-9-17-40)34-51(52)50-28-27-47(37-53(50)60)61-46-23-14-22-45(36-46)58-32-33-59(38-58)55-48(41-18-10-6-11-19-41)24-15-25-49(55)42-20-12-7-13-21-42;/h5-35,39H,1-4H3;/q-2;/i6D,7D,10D,11D,12D,13D,18D,19D,20D,21D,39D;. The molecule has 0 fully saturated rings. The molecule has 3 aromatic heterocycles. The molecule has 0 amide bonds. The number of benzene rings is 7. The van der Waals surface area contributed by atoms with Crippen molar-refractivity contribution >= 4 is 21.8 Å². The van der Waals surface area contributed by atoms with E-state index in [-0.39, 0.29) is 54.4 Å². The van der Waals surface area contributed by atoms with Gasteiger partial charge in [-0.1, -0.05) is 154 Å². The molecule has 62 heavy (non-hydrogen) atoms. The van der Waals surface area contributed by atoms with Crippen LogP contribution in [0.25, 0.3) is 72.4 Å². The summed E-state index contributed by atoms with van der Waals surface area (Å²) >= 11 is 0. The molecule has 0 spiro atoms. The number of fused-ring (bicyclic) bond motifs is 3. The summed E-state index contributed by atoms with van der Waals surface area (Å²) in [5.74, 6) is 0.422. The van der Waals surface area contributed by atoms with E-state index in [9.17, 15) is 1.37 Å². The fourth-order valence-electron chi connectivity index (χ4n) is 7.54. The van der Waals surface area contributed by atoms with Crippen LogP contribution < -0.4 is 9.30 Å². The zero-order chi connectivity index (χ0) is 51.1. The van der Waals surface area contributed by atoms with Crippen molar-refractivity contribution in [2.45, 2.75) is 33.6 Å². The molecule has 0 aliphatic rings. The Morgan fingerprint density at radius 1 is 0.694 bits per heavy atom. The fourth-order valence-corrected chi connectivity index (χ4v) is 7.54. The first-order chi connectivity index (χ1) is 34.3. The second kappa shape index (κ2) is 16.9. The van der Waals surface area contributed by atoms with Crippen molar-refractivity contribution in [3.8, 4) is 62.1 Å². The van der Waals surface area contributed by atoms with Gasteiger partial charge in [0.2, 0.25) is 0 Å². The predicted octanol–water partition coefficient (Wildman–Crippen LogP) is 13.6. The van der Waals surface area contributed by atoms with E-state index in [4.69, 9.17) is 23.4 Å². The van der Waals surface area contributed by atoms with Gasteiger partial charge in [-0.15, -0.1) is 29.7 Å². The molecule has 3 heterocycles. The molecule has 5 nitrogen and oxygen atoms in total. The Balaban J connectivity index is 0.00000656. The SMILES string of the molecule is [2H]c1c([2H])c([2H])c(-c2cccc(-c3c([2H])c([2H])c([2H])c([2H])c3[2H])c2-[n+]2[c-]n(-c3[c-]c(Oc4[c-]c5c(cc4)c4cc(-c6ccccc6)ccc4n5-c4cc(C([2H])(C)C(C)(C)C)ccn4)ccc3)cc2)c([2H])c1[2H].[Pt]. The van der Waals surface area contributed by atoms with Gasteiger partial charge < -0.3 is 13.9 Å². The van der Waals surface area contributed by atoms with Gasteiger partial charge in [0.1, 0.15) is 5.82 Å². The molecule has 0 saturated carbocycles. The fraction of sp³-hybridized carbons (Fsp3) is 0.107. The van der Waals surface area contributed by atoms with Crippen LogP contribution in [0.5, 0.6) is 11.5 Å². The molecule has 0 bridgehead atoms. The van der Waals surface area contributed by atoms with E-state index >= 15 is 0 Å². The average molecular weight is 995 g/mol. The van der Waals surface area contributed by atoms with E-state index in [1.165, 1.54) is 4.57 Å². The minimum absolute atomic E-state index is 0. The summed E-state index contributed by atoms with van der Waals surface area (Å²) in [6, 6.07) is 35.7. The monoisotopic (exact) mass is 994 g/mol. The van der Waals surface area contributed by atoms with Gasteiger partial charge in [-0.05, 0) is 79.5 Å². The van der Waals surface area contributed by atoms with Crippen LogP contribution in [-0.4, -0.2) is 14.1 Å². The molecule has 0 saturated heterocycles. The van der Waals surface area contributed by atoms with E-state index < -0.39 is 66.3 Å². The molecule has 0 radical (unpaired) electrons. The van der Waals surface area contributed by atoms with Gasteiger partial charge >= 0.3 is 0 Å². The molecular formula is C56H44N4OPt-2. The Kier molecular flexibility index (Phi) is 8.03. The van der Waals surface area contributed by atoms with Crippen LogP contribution in [0.15, 0.2) is 188 Å². The van der Waals surface area contributed by atoms with Gasteiger partial charge in [0, 0.05) is 58.0 Å². The number of rotatable bonds is 9. The topological polar surface area (TPSA) is 35.9 Å². The number of hydrogen-bond donors (Lipinski definition) is 0. The second-order valence-electron chi connectivity index (χ2n) is 15.6. The number of para-hydroxylation sites is 1. The summed E-state index contributed by atoms with van der Waals surface area (Å²) < 4.78 is 107. The van der Waals surface area contributed by atoms with Crippen molar-refractivity contribution in [2.75, 3.05) is 0 Å². The van der Waals surface area contributed by atoms with Gasteiger partial charge in [-0.3, -0.25) is 4.57 Å². The van der Waals surface area contributed by atoms with Crippen molar-refractivity contribution in [3.63, 3.8) is 0 Å².